The van der Waals surface area contributed by atoms with Gasteiger partial charge in [0.1, 0.15) is 0 Å². The van der Waals surface area contributed by atoms with Gasteiger partial charge in [0.15, 0.2) is 0 Å². The van der Waals surface area contributed by atoms with Crippen molar-refractivity contribution < 1.29 is 14.3 Å². The molecule has 0 aromatic heterocycles. The second-order valence-corrected chi connectivity index (χ2v) is 7.30. The predicted octanol–water partition coefficient (Wildman–Crippen LogP) is 3.54. The Bertz CT molecular complexity index is 852. The van der Waals surface area contributed by atoms with Gasteiger partial charge in [-0.1, -0.05) is 23.2 Å². The quantitative estimate of drug-likeness (QED) is 0.801. The minimum Gasteiger partial charge on any atom is -0.378 e. The number of hydrogen-bond acceptors (Lipinski definition) is 4. The molecule has 3 rings (SSSR count). The zero-order valence-corrected chi connectivity index (χ0v) is 17.0. The fraction of sp³-hybridized carbons (Fsp3) is 0.300. The maximum Gasteiger partial charge on any atom is 0.254 e. The molecule has 0 saturated carbocycles. The Morgan fingerprint density at radius 2 is 1.75 bits per heavy atom. The van der Waals surface area contributed by atoms with Crippen molar-refractivity contribution in [1.29, 1.82) is 0 Å². The summed E-state index contributed by atoms with van der Waals surface area (Å²) >= 11 is 11.8. The molecule has 0 bridgehead atoms. The van der Waals surface area contributed by atoms with Crippen LogP contribution in [0, 0.1) is 0 Å². The summed E-state index contributed by atoms with van der Waals surface area (Å²) in [7, 11) is 1.56. The fourth-order valence-electron chi connectivity index (χ4n) is 2.91. The molecule has 0 radical (unpaired) electrons. The Balaban J connectivity index is 1.55. The van der Waals surface area contributed by atoms with Crippen LogP contribution in [-0.4, -0.2) is 56.6 Å². The number of likely N-dealkylation sites (N-methyl/N-ethyl adjacent to an activating group) is 1. The van der Waals surface area contributed by atoms with Gasteiger partial charge in [0.05, 0.1) is 29.8 Å². The topological polar surface area (TPSA) is 61.9 Å². The van der Waals surface area contributed by atoms with Gasteiger partial charge < -0.3 is 19.9 Å². The maximum absolute atomic E-state index is 12.4. The predicted molar refractivity (Wildman–Crippen MR) is 112 cm³/mol. The van der Waals surface area contributed by atoms with Gasteiger partial charge in [0, 0.05) is 37.1 Å². The van der Waals surface area contributed by atoms with E-state index in [-0.39, 0.29) is 18.4 Å². The lowest BCUT2D eigenvalue weighted by Crippen LogP contribution is -2.36. The van der Waals surface area contributed by atoms with Gasteiger partial charge in [-0.2, -0.15) is 0 Å². The average molecular weight is 422 g/mol. The normalized spacial score (nSPS) is 13.9. The number of nitrogens with zero attached hydrogens (tertiary/aromatic N) is 2. The maximum atomic E-state index is 12.4. The van der Waals surface area contributed by atoms with Crippen LogP contribution in [0.15, 0.2) is 42.5 Å². The first-order valence-electron chi connectivity index (χ1n) is 8.87. The SMILES string of the molecule is CN(CC(=O)Nc1ccc(N2CCOCC2)cc1)C(=O)c1ccc(Cl)c(Cl)c1. The van der Waals surface area contributed by atoms with Crippen molar-refractivity contribution in [2.24, 2.45) is 0 Å². The summed E-state index contributed by atoms with van der Waals surface area (Å²) in [5.41, 5.74) is 2.14. The van der Waals surface area contributed by atoms with Crippen molar-refractivity contribution in [3.8, 4) is 0 Å². The van der Waals surface area contributed by atoms with E-state index in [1.54, 1.807) is 19.2 Å². The second kappa shape index (κ2) is 9.28. The van der Waals surface area contributed by atoms with E-state index in [0.29, 0.717) is 21.3 Å². The molecule has 2 amide bonds. The molecule has 1 fully saturated rings. The molecule has 1 heterocycles. The zero-order chi connectivity index (χ0) is 20.1. The van der Waals surface area contributed by atoms with Crippen LogP contribution in [0.1, 0.15) is 10.4 Å². The average Bonchev–Trinajstić information content (AvgIpc) is 2.70. The third kappa shape index (κ3) is 5.16. The van der Waals surface area contributed by atoms with E-state index in [9.17, 15) is 9.59 Å². The van der Waals surface area contributed by atoms with Crippen LogP contribution < -0.4 is 10.2 Å². The number of benzene rings is 2. The van der Waals surface area contributed by atoms with E-state index < -0.39 is 0 Å². The summed E-state index contributed by atoms with van der Waals surface area (Å²) in [6, 6.07) is 12.3. The van der Waals surface area contributed by atoms with Crippen LogP contribution in [0.4, 0.5) is 11.4 Å². The van der Waals surface area contributed by atoms with Crippen LogP contribution in [0.5, 0.6) is 0 Å². The van der Waals surface area contributed by atoms with Gasteiger partial charge in [0.25, 0.3) is 5.91 Å². The highest BCUT2D eigenvalue weighted by molar-refractivity contribution is 6.42. The van der Waals surface area contributed by atoms with Crippen LogP contribution in [0.25, 0.3) is 0 Å². The van der Waals surface area contributed by atoms with Crippen LogP contribution in [0.2, 0.25) is 10.0 Å². The van der Waals surface area contributed by atoms with E-state index in [2.05, 4.69) is 10.2 Å². The molecule has 0 aliphatic carbocycles. The van der Waals surface area contributed by atoms with Crippen LogP contribution in [-0.2, 0) is 9.53 Å². The van der Waals surface area contributed by atoms with Crippen LogP contribution in [0.3, 0.4) is 0 Å². The number of morpholine rings is 1. The highest BCUT2D eigenvalue weighted by Crippen LogP contribution is 2.23. The van der Waals surface area contributed by atoms with Gasteiger partial charge in [-0.3, -0.25) is 9.59 Å². The van der Waals surface area contributed by atoms with Crippen molar-refractivity contribution in [3.05, 3.63) is 58.1 Å². The largest absolute Gasteiger partial charge is 0.378 e. The van der Waals surface area contributed by atoms with E-state index in [4.69, 9.17) is 27.9 Å². The lowest BCUT2D eigenvalue weighted by Gasteiger charge is -2.28. The summed E-state index contributed by atoms with van der Waals surface area (Å²) in [6.07, 6.45) is 0. The molecule has 1 aliphatic heterocycles. The highest BCUT2D eigenvalue weighted by atomic mass is 35.5. The molecular formula is C20H21Cl2N3O3. The van der Waals surface area contributed by atoms with Crippen molar-refractivity contribution in [2.75, 3.05) is 50.1 Å². The molecule has 6 nitrogen and oxygen atoms in total. The number of halogens is 2. The first-order valence-corrected chi connectivity index (χ1v) is 9.63. The van der Waals surface area contributed by atoms with Crippen molar-refractivity contribution >= 4 is 46.4 Å². The number of nitrogens with one attached hydrogen (secondary N) is 1. The summed E-state index contributed by atoms with van der Waals surface area (Å²) in [5.74, 6) is -0.591. The number of ether oxygens (including phenoxy) is 1. The molecule has 1 N–H and O–H groups in total. The Kier molecular flexibility index (Phi) is 6.78. The third-order valence-electron chi connectivity index (χ3n) is 4.42. The van der Waals surface area contributed by atoms with E-state index in [1.165, 1.54) is 11.0 Å². The molecule has 1 saturated heterocycles. The lowest BCUT2D eigenvalue weighted by atomic mass is 10.2. The van der Waals surface area contributed by atoms with Gasteiger partial charge in [-0.25, -0.2) is 0 Å². The van der Waals surface area contributed by atoms with E-state index in [0.717, 1.165) is 32.0 Å². The molecule has 148 valence electrons. The minimum atomic E-state index is -0.309. The molecule has 1 aliphatic rings. The van der Waals surface area contributed by atoms with Crippen molar-refractivity contribution in [3.63, 3.8) is 0 Å². The minimum absolute atomic E-state index is 0.0791. The van der Waals surface area contributed by atoms with Crippen molar-refractivity contribution in [1.82, 2.24) is 4.90 Å². The number of rotatable bonds is 5. The molecule has 0 spiro atoms. The Hall–Kier alpha value is -2.28. The fourth-order valence-corrected chi connectivity index (χ4v) is 3.21. The Labute approximate surface area is 174 Å². The summed E-state index contributed by atoms with van der Waals surface area (Å²) in [6.45, 7) is 3.07. The van der Waals surface area contributed by atoms with Crippen molar-refractivity contribution in [2.45, 2.75) is 0 Å². The van der Waals surface area contributed by atoms with Gasteiger partial charge in [-0.05, 0) is 42.5 Å². The molecule has 2 aromatic carbocycles. The third-order valence-corrected chi connectivity index (χ3v) is 5.16. The Morgan fingerprint density at radius 1 is 1.07 bits per heavy atom. The molecule has 0 unspecified atom stereocenters. The molecule has 8 heteroatoms. The number of carbonyl (C=O) groups is 2. The summed E-state index contributed by atoms with van der Waals surface area (Å²) in [4.78, 5) is 28.3. The molecular weight excluding hydrogens is 401 g/mol. The van der Waals surface area contributed by atoms with Gasteiger partial charge >= 0.3 is 0 Å². The number of anilines is 2. The highest BCUT2D eigenvalue weighted by Gasteiger charge is 2.16. The molecule has 0 atom stereocenters. The lowest BCUT2D eigenvalue weighted by molar-refractivity contribution is -0.116. The monoisotopic (exact) mass is 421 g/mol. The second-order valence-electron chi connectivity index (χ2n) is 6.48. The number of amides is 2. The standard InChI is InChI=1S/C20H21Cl2N3O3/c1-24(20(27)14-2-7-17(21)18(22)12-14)13-19(26)23-15-3-5-16(6-4-15)25-8-10-28-11-9-25/h2-7,12H,8-11,13H2,1H3,(H,23,26). The zero-order valence-electron chi connectivity index (χ0n) is 15.5. The first-order chi connectivity index (χ1) is 13.4. The van der Waals surface area contributed by atoms with Gasteiger partial charge in [0.2, 0.25) is 5.91 Å². The molecule has 28 heavy (non-hydrogen) atoms. The summed E-state index contributed by atoms with van der Waals surface area (Å²) in [5, 5.41) is 3.48. The van der Waals surface area contributed by atoms with E-state index in [1.807, 2.05) is 24.3 Å². The number of carbonyl (C=O) groups excluding carboxylic acids is 2. The molecule has 2 aromatic rings. The number of hydrogen-bond donors (Lipinski definition) is 1. The van der Waals surface area contributed by atoms with Gasteiger partial charge in [-0.15, -0.1) is 0 Å². The smallest absolute Gasteiger partial charge is 0.254 e. The van der Waals surface area contributed by atoms with E-state index >= 15 is 0 Å². The van der Waals surface area contributed by atoms with Crippen LogP contribution >= 0.6 is 23.2 Å². The first kappa shape index (κ1) is 20.5. The Morgan fingerprint density at radius 3 is 2.39 bits per heavy atom. The summed E-state index contributed by atoms with van der Waals surface area (Å²) < 4.78 is 5.35.